The van der Waals surface area contributed by atoms with E-state index in [0.29, 0.717) is 6.04 Å². The van der Waals surface area contributed by atoms with Gasteiger partial charge in [0, 0.05) is 25.2 Å². The molecule has 3 heteroatoms. The number of pyridine rings is 1. The Labute approximate surface area is 115 Å². The third kappa shape index (κ3) is 2.39. The molecule has 1 aliphatic rings. The van der Waals surface area contributed by atoms with Crippen molar-refractivity contribution in [1.82, 2.24) is 14.3 Å². The third-order valence-electron chi connectivity index (χ3n) is 4.38. The molecular formula is C16H23N3. The van der Waals surface area contributed by atoms with Gasteiger partial charge in [-0.25, -0.2) is 4.98 Å². The quantitative estimate of drug-likeness (QED) is 0.842. The zero-order valence-corrected chi connectivity index (χ0v) is 12.1. The Morgan fingerprint density at radius 2 is 2.26 bits per heavy atom. The zero-order chi connectivity index (χ0) is 13.4. The van der Waals surface area contributed by atoms with Crippen LogP contribution >= 0.6 is 0 Å². The minimum Gasteiger partial charge on any atom is -0.303 e. The van der Waals surface area contributed by atoms with Crippen LogP contribution < -0.4 is 0 Å². The number of nitrogens with zero attached hydrogens (tertiary/aromatic N) is 3. The first kappa shape index (κ1) is 12.7. The molecule has 0 saturated carbocycles. The van der Waals surface area contributed by atoms with E-state index in [1.54, 1.807) is 0 Å². The Kier molecular flexibility index (Phi) is 3.31. The van der Waals surface area contributed by atoms with Crippen LogP contribution in [0.2, 0.25) is 0 Å². The highest BCUT2D eigenvalue weighted by Gasteiger charge is 2.25. The number of rotatable bonds is 3. The van der Waals surface area contributed by atoms with E-state index in [4.69, 9.17) is 0 Å². The van der Waals surface area contributed by atoms with Crippen LogP contribution in [0.15, 0.2) is 24.5 Å². The lowest BCUT2D eigenvalue weighted by Crippen LogP contribution is -2.28. The van der Waals surface area contributed by atoms with Gasteiger partial charge in [-0.05, 0) is 51.3 Å². The van der Waals surface area contributed by atoms with E-state index in [-0.39, 0.29) is 0 Å². The molecule has 0 radical (unpaired) electrons. The Morgan fingerprint density at radius 1 is 1.42 bits per heavy atom. The molecule has 1 atom stereocenters. The average molecular weight is 257 g/mol. The Hall–Kier alpha value is -1.35. The van der Waals surface area contributed by atoms with Gasteiger partial charge < -0.3 is 9.30 Å². The molecule has 1 aliphatic heterocycles. The van der Waals surface area contributed by atoms with Crippen LogP contribution in [0.5, 0.6) is 0 Å². The minimum absolute atomic E-state index is 0.671. The number of hydrogen-bond donors (Lipinski definition) is 0. The highest BCUT2D eigenvalue weighted by molar-refractivity contribution is 5.53. The normalized spacial score (nSPS) is 20.7. The van der Waals surface area contributed by atoms with Crippen molar-refractivity contribution in [1.29, 1.82) is 0 Å². The van der Waals surface area contributed by atoms with Crippen molar-refractivity contribution in [2.24, 2.45) is 5.92 Å². The van der Waals surface area contributed by atoms with Crippen molar-refractivity contribution >= 4 is 5.52 Å². The van der Waals surface area contributed by atoms with Crippen LogP contribution in [0.25, 0.3) is 5.52 Å². The van der Waals surface area contributed by atoms with Crippen LogP contribution in [0.3, 0.4) is 0 Å². The summed E-state index contributed by atoms with van der Waals surface area (Å²) in [6.45, 7) is 9.19. The number of hydrogen-bond acceptors (Lipinski definition) is 2. The molecule has 2 aromatic heterocycles. The summed E-state index contributed by atoms with van der Waals surface area (Å²) in [5.41, 5.74) is 2.55. The standard InChI is InChI=1S/C16H23N3/c1-12(2)18-8-6-14(11-18)9-16-17-10-15-13(3)5-4-7-19(15)16/h4-5,7,10,12,14H,6,8-9,11H2,1-3H3. The predicted molar refractivity (Wildman–Crippen MR) is 78.4 cm³/mol. The lowest BCUT2D eigenvalue weighted by Gasteiger charge is -2.20. The lowest BCUT2D eigenvalue weighted by atomic mass is 10.0. The van der Waals surface area contributed by atoms with Crippen LogP contribution in [0.1, 0.15) is 31.7 Å². The second-order valence-corrected chi connectivity index (χ2v) is 6.07. The highest BCUT2D eigenvalue weighted by atomic mass is 15.2. The lowest BCUT2D eigenvalue weighted by molar-refractivity contribution is 0.264. The van der Waals surface area contributed by atoms with E-state index < -0.39 is 0 Å². The van der Waals surface area contributed by atoms with Gasteiger partial charge in [0.05, 0.1) is 11.7 Å². The van der Waals surface area contributed by atoms with Gasteiger partial charge >= 0.3 is 0 Å². The van der Waals surface area contributed by atoms with Crippen LogP contribution in [-0.2, 0) is 6.42 Å². The third-order valence-corrected chi connectivity index (χ3v) is 4.38. The molecule has 0 aliphatic carbocycles. The summed E-state index contributed by atoms with van der Waals surface area (Å²) in [5.74, 6) is 1.97. The zero-order valence-electron chi connectivity index (χ0n) is 12.1. The van der Waals surface area contributed by atoms with Gasteiger partial charge in [-0.15, -0.1) is 0 Å². The first-order valence-electron chi connectivity index (χ1n) is 7.30. The van der Waals surface area contributed by atoms with Gasteiger partial charge in [-0.3, -0.25) is 0 Å². The summed E-state index contributed by atoms with van der Waals surface area (Å²) >= 11 is 0. The van der Waals surface area contributed by atoms with Gasteiger partial charge in [-0.1, -0.05) is 6.07 Å². The van der Waals surface area contributed by atoms with E-state index in [9.17, 15) is 0 Å². The van der Waals surface area contributed by atoms with Crippen LogP contribution in [0, 0.1) is 12.8 Å². The fraction of sp³-hybridized carbons (Fsp3) is 0.562. The molecule has 19 heavy (non-hydrogen) atoms. The maximum absolute atomic E-state index is 4.63. The molecule has 0 bridgehead atoms. The van der Waals surface area contributed by atoms with E-state index in [1.165, 1.54) is 36.4 Å². The monoisotopic (exact) mass is 257 g/mol. The van der Waals surface area contributed by atoms with Gasteiger partial charge in [0.1, 0.15) is 5.82 Å². The van der Waals surface area contributed by atoms with Crippen molar-refractivity contribution < 1.29 is 0 Å². The number of fused-ring (bicyclic) bond motifs is 1. The number of imidazole rings is 1. The SMILES string of the molecule is Cc1cccn2c(CC3CCN(C(C)C)C3)ncc12. The van der Waals surface area contributed by atoms with Gasteiger partial charge in [0.15, 0.2) is 0 Å². The molecular weight excluding hydrogens is 234 g/mol. The van der Waals surface area contributed by atoms with E-state index in [1.807, 2.05) is 6.20 Å². The smallest absolute Gasteiger partial charge is 0.113 e. The summed E-state index contributed by atoms with van der Waals surface area (Å²) in [7, 11) is 0. The largest absolute Gasteiger partial charge is 0.303 e. The molecule has 1 unspecified atom stereocenters. The van der Waals surface area contributed by atoms with Crippen molar-refractivity contribution in [2.45, 2.75) is 39.7 Å². The van der Waals surface area contributed by atoms with E-state index >= 15 is 0 Å². The molecule has 0 N–H and O–H groups in total. The summed E-state index contributed by atoms with van der Waals surface area (Å²) in [5, 5.41) is 0. The molecule has 3 heterocycles. The topological polar surface area (TPSA) is 20.5 Å². The van der Waals surface area contributed by atoms with E-state index in [0.717, 1.165) is 12.3 Å². The second kappa shape index (κ2) is 4.97. The van der Waals surface area contributed by atoms with Crippen LogP contribution in [-0.4, -0.2) is 33.4 Å². The molecule has 2 aromatic rings. The summed E-state index contributed by atoms with van der Waals surface area (Å²) in [6.07, 6.45) is 6.55. The maximum Gasteiger partial charge on any atom is 0.113 e. The van der Waals surface area contributed by atoms with Crippen molar-refractivity contribution in [3.8, 4) is 0 Å². The average Bonchev–Trinajstić information content (AvgIpc) is 2.98. The molecule has 1 fully saturated rings. The summed E-state index contributed by atoms with van der Waals surface area (Å²) in [4.78, 5) is 7.21. The second-order valence-electron chi connectivity index (χ2n) is 6.07. The summed E-state index contributed by atoms with van der Waals surface area (Å²) in [6, 6.07) is 4.93. The molecule has 102 valence electrons. The van der Waals surface area contributed by atoms with Gasteiger partial charge in [0.2, 0.25) is 0 Å². The maximum atomic E-state index is 4.63. The first-order valence-corrected chi connectivity index (χ1v) is 7.30. The van der Waals surface area contributed by atoms with Crippen LogP contribution in [0.4, 0.5) is 0 Å². The van der Waals surface area contributed by atoms with Crippen molar-refractivity contribution in [3.05, 3.63) is 35.9 Å². The predicted octanol–water partition coefficient (Wildman–Crippen LogP) is 2.92. The number of aromatic nitrogens is 2. The molecule has 0 amide bonds. The number of aryl methyl sites for hydroxylation is 1. The fourth-order valence-electron chi connectivity index (χ4n) is 3.12. The Balaban J connectivity index is 1.78. The molecule has 3 rings (SSSR count). The molecule has 0 spiro atoms. The van der Waals surface area contributed by atoms with Gasteiger partial charge in [-0.2, -0.15) is 0 Å². The van der Waals surface area contributed by atoms with Crippen molar-refractivity contribution in [3.63, 3.8) is 0 Å². The molecule has 0 aromatic carbocycles. The fourth-order valence-corrected chi connectivity index (χ4v) is 3.12. The van der Waals surface area contributed by atoms with E-state index in [2.05, 4.69) is 53.4 Å². The Bertz CT molecular complexity index is 570. The molecule has 1 saturated heterocycles. The Morgan fingerprint density at radius 3 is 3.00 bits per heavy atom. The first-order chi connectivity index (χ1) is 9.15. The highest BCUT2D eigenvalue weighted by Crippen LogP contribution is 2.23. The van der Waals surface area contributed by atoms with Crippen molar-refractivity contribution in [2.75, 3.05) is 13.1 Å². The van der Waals surface area contributed by atoms with Gasteiger partial charge in [0.25, 0.3) is 0 Å². The minimum atomic E-state index is 0.671. The molecule has 3 nitrogen and oxygen atoms in total. The summed E-state index contributed by atoms with van der Waals surface area (Å²) < 4.78 is 2.26. The number of likely N-dealkylation sites (tertiary alicyclic amines) is 1.